The highest BCUT2D eigenvalue weighted by Crippen LogP contribution is 2.26. The molecule has 1 aliphatic carbocycles. The Kier molecular flexibility index (Phi) is 3.44. The first-order valence-electron chi connectivity index (χ1n) is 6.90. The van der Waals surface area contributed by atoms with Crippen LogP contribution in [-0.2, 0) is 4.79 Å². The summed E-state index contributed by atoms with van der Waals surface area (Å²) < 4.78 is 1.68. The lowest BCUT2D eigenvalue weighted by molar-refractivity contribution is -0.117. The largest absolute Gasteiger partial charge is 0.326 e. The fourth-order valence-electron chi connectivity index (χ4n) is 2.76. The lowest BCUT2D eigenvalue weighted by Gasteiger charge is -2.20. The number of rotatable bonds is 3. The SMILES string of the molecule is O=C(CC1CCCCC1)Nc1ccn2ncnc2c1. The number of nitrogens with zero attached hydrogens (tertiary/aromatic N) is 3. The van der Waals surface area contributed by atoms with E-state index < -0.39 is 0 Å². The van der Waals surface area contributed by atoms with E-state index in [0.717, 1.165) is 11.3 Å². The normalized spacial score (nSPS) is 16.6. The van der Waals surface area contributed by atoms with E-state index in [4.69, 9.17) is 0 Å². The van der Waals surface area contributed by atoms with Crippen molar-refractivity contribution in [1.29, 1.82) is 0 Å². The summed E-state index contributed by atoms with van der Waals surface area (Å²) in [5.41, 5.74) is 1.54. The van der Waals surface area contributed by atoms with Crippen molar-refractivity contribution in [3.05, 3.63) is 24.7 Å². The van der Waals surface area contributed by atoms with Crippen molar-refractivity contribution in [2.24, 2.45) is 5.92 Å². The van der Waals surface area contributed by atoms with Crippen molar-refractivity contribution < 1.29 is 4.79 Å². The smallest absolute Gasteiger partial charge is 0.224 e. The molecule has 0 atom stereocenters. The Morgan fingerprint density at radius 1 is 1.37 bits per heavy atom. The van der Waals surface area contributed by atoms with Gasteiger partial charge >= 0.3 is 0 Å². The molecule has 0 aromatic carbocycles. The van der Waals surface area contributed by atoms with Crippen LogP contribution in [-0.4, -0.2) is 20.5 Å². The Morgan fingerprint density at radius 2 is 2.21 bits per heavy atom. The summed E-state index contributed by atoms with van der Waals surface area (Å²) >= 11 is 0. The monoisotopic (exact) mass is 258 g/mol. The van der Waals surface area contributed by atoms with E-state index in [2.05, 4.69) is 15.4 Å². The molecule has 19 heavy (non-hydrogen) atoms. The number of nitrogens with one attached hydrogen (secondary N) is 1. The quantitative estimate of drug-likeness (QED) is 0.920. The van der Waals surface area contributed by atoms with Gasteiger partial charge < -0.3 is 5.32 Å². The molecule has 1 fully saturated rings. The van der Waals surface area contributed by atoms with E-state index >= 15 is 0 Å². The summed E-state index contributed by atoms with van der Waals surface area (Å²) in [6.45, 7) is 0. The van der Waals surface area contributed by atoms with Crippen LogP contribution >= 0.6 is 0 Å². The molecule has 0 saturated heterocycles. The van der Waals surface area contributed by atoms with E-state index in [9.17, 15) is 4.79 Å². The molecule has 3 rings (SSSR count). The minimum absolute atomic E-state index is 0.107. The molecular weight excluding hydrogens is 240 g/mol. The van der Waals surface area contributed by atoms with E-state index in [0.29, 0.717) is 12.3 Å². The van der Waals surface area contributed by atoms with Crippen molar-refractivity contribution in [3.8, 4) is 0 Å². The highest BCUT2D eigenvalue weighted by Gasteiger charge is 2.17. The molecule has 0 bridgehead atoms. The van der Waals surface area contributed by atoms with Gasteiger partial charge in [0.15, 0.2) is 5.65 Å². The second kappa shape index (κ2) is 5.38. The van der Waals surface area contributed by atoms with Crippen LogP contribution in [0.5, 0.6) is 0 Å². The molecule has 0 radical (unpaired) electrons. The summed E-state index contributed by atoms with van der Waals surface area (Å²) in [7, 11) is 0. The Bertz CT molecular complexity index is 572. The van der Waals surface area contributed by atoms with Gasteiger partial charge in [-0.2, -0.15) is 5.10 Å². The molecule has 0 unspecified atom stereocenters. The molecule has 100 valence electrons. The zero-order valence-corrected chi connectivity index (χ0v) is 10.9. The van der Waals surface area contributed by atoms with E-state index in [1.807, 2.05) is 12.1 Å². The van der Waals surface area contributed by atoms with Gasteiger partial charge in [0.2, 0.25) is 5.91 Å². The highest BCUT2D eigenvalue weighted by molar-refractivity contribution is 5.91. The van der Waals surface area contributed by atoms with Gasteiger partial charge in [-0.1, -0.05) is 19.3 Å². The lowest BCUT2D eigenvalue weighted by Crippen LogP contribution is -2.18. The molecule has 2 heterocycles. The number of hydrogen-bond donors (Lipinski definition) is 1. The van der Waals surface area contributed by atoms with Crippen molar-refractivity contribution in [2.45, 2.75) is 38.5 Å². The fourth-order valence-corrected chi connectivity index (χ4v) is 2.76. The summed E-state index contributed by atoms with van der Waals surface area (Å²) in [6, 6.07) is 3.69. The minimum atomic E-state index is 0.107. The molecule has 1 N–H and O–H groups in total. The number of pyridine rings is 1. The van der Waals surface area contributed by atoms with Gasteiger partial charge in [-0.15, -0.1) is 0 Å². The highest BCUT2D eigenvalue weighted by atomic mass is 16.1. The number of fused-ring (bicyclic) bond motifs is 1. The molecule has 1 saturated carbocycles. The molecule has 1 aliphatic rings. The van der Waals surface area contributed by atoms with Crippen LogP contribution in [0.3, 0.4) is 0 Å². The summed E-state index contributed by atoms with van der Waals surface area (Å²) in [5.74, 6) is 0.668. The number of aromatic nitrogens is 3. The Labute approximate surface area is 112 Å². The molecule has 0 spiro atoms. The van der Waals surface area contributed by atoms with Crippen molar-refractivity contribution in [3.63, 3.8) is 0 Å². The minimum Gasteiger partial charge on any atom is -0.326 e. The third-order valence-electron chi connectivity index (χ3n) is 3.76. The van der Waals surface area contributed by atoms with Gasteiger partial charge in [-0.25, -0.2) is 9.50 Å². The first-order chi connectivity index (χ1) is 9.31. The van der Waals surface area contributed by atoms with Crippen molar-refractivity contribution >= 4 is 17.2 Å². The molecule has 2 aromatic heterocycles. The number of carbonyl (C=O) groups is 1. The summed E-state index contributed by atoms with van der Waals surface area (Å²) in [6.07, 6.45) is 10.2. The number of amides is 1. The van der Waals surface area contributed by atoms with Crippen LogP contribution in [0.2, 0.25) is 0 Å². The number of carbonyl (C=O) groups excluding carboxylic acids is 1. The third kappa shape index (κ3) is 2.92. The van der Waals surface area contributed by atoms with Gasteiger partial charge in [0.05, 0.1) is 0 Å². The number of anilines is 1. The van der Waals surface area contributed by atoms with E-state index in [-0.39, 0.29) is 5.91 Å². The molecular formula is C14H18N4O. The predicted molar refractivity (Wildman–Crippen MR) is 72.8 cm³/mol. The van der Waals surface area contributed by atoms with E-state index in [1.54, 1.807) is 10.7 Å². The maximum absolute atomic E-state index is 12.0. The second-order valence-electron chi connectivity index (χ2n) is 5.23. The predicted octanol–water partition coefficient (Wildman–Crippen LogP) is 2.64. The fraction of sp³-hybridized carbons (Fsp3) is 0.500. The molecule has 5 heteroatoms. The molecule has 5 nitrogen and oxygen atoms in total. The van der Waals surface area contributed by atoms with Crippen LogP contribution < -0.4 is 5.32 Å². The zero-order chi connectivity index (χ0) is 13.1. The first-order valence-corrected chi connectivity index (χ1v) is 6.90. The lowest BCUT2D eigenvalue weighted by atomic mass is 9.87. The van der Waals surface area contributed by atoms with Crippen molar-refractivity contribution in [1.82, 2.24) is 14.6 Å². The van der Waals surface area contributed by atoms with Crippen LogP contribution in [0.15, 0.2) is 24.7 Å². The third-order valence-corrected chi connectivity index (χ3v) is 3.76. The molecule has 2 aromatic rings. The Balaban J connectivity index is 1.61. The van der Waals surface area contributed by atoms with Gasteiger partial charge in [0.1, 0.15) is 6.33 Å². The molecule has 1 amide bonds. The van der Waals surface area contributed by atoms with Gasteiger partial charge in [-0.3, -0.25) is 4.79 Å². The van der Waals surface area contributed by atoms with Crippen LogP contribution in [0.25, 0.3) is 5.65 Å². The molecule has 0 aliphatic heterocycles. The van der Waals surface area contributed by atoms with Gasteiger partial charge in [-0.05, 0) is 24.8 Å². The maximum atomic E-state index is 12.0. The summed E-state index contributed by atoms with van der Waals surface area (Å²) in [4.78, 5) is 16.1. The van der Waals surface area contributed by atoms with Crippen molar-refractivity contribution in [2.75, 3.05) is 5.32 Å². The average Bonchev–Trinajstić information content (AvgIpc) is 2.87. The van der Waals surface area contributed by atoms with Gasteiger partial charge in [0.25, 0.3) is 0 Å². The van der Waals surface area contributed by atoms with Crippen LogP contribution in [0.4, 0.5) is 5.69 Å². The van der Waals surface area contributed by atoms with E-state index in [1.165, 1.54) is 38.4 Å². The van der Waals surface area contributed by atoms with Crippen LogP contribution in [0.1, 0.15) is 38.5 Å². The zero-order valence-electron chi connectivity index (χ0n) is 10.9. The van der Waals surface area contributed by atoms with Crippen LogP contribution in [0, 0.1) is 5.92 Å². The standard InChI is InChI=1S/C14H18N4O/c19-14(8-11-4-2-1-3-5-11)17-12-6-7-18-13(9-12)15-10-16-18/h6-7,9-11H,1-5,8H2,(H,17,19). The second-order valence-corrected chi connectivity index (χ2v) is 5.23. The topological polar surface area (TPSA) is 59.3 Å². The Hall–Kier alpha value is -1.91. The Morgan fingerprint density at radius 3 is 3.05 bits per heavy atom. The first kappa shape index (κ1) is 12.1. The maximum Gasteiger partial charge on any atom is 0.224 e. The number of hydrogen-bond acceptors (Lipinski definition) is 3. The average molecular weight is 258 g/mol. The summed E-state index contributed by atoms with van der Waals surface area (Å²) in [5, 5.41) is 6.98. The van der Waals surface area contributed by atoms with Gasteiger partial charge in [0, 0.05) is 24.4 Å².